The van der Waals surface area contributed by atoms with Crippen LogP contribution in [0.3, 0.4) is 0 Å². The molecular weight excluding hydrogens is 374 g/mol. The number of nitrogens with zero attached hydrogens (tertiary/aromatic N) is 3. The third kappa shape index (κ3) is 3.71. The van der Waals surface area contributed by atoms with Gasteiger partial charge in [-0.1, -0.05) is 48.5 Å². The lowest BCUT2D eigenvalue weighted by Crippen LogP contribution is -2.51. The van der Waals surface area contributed by atoms with E-state index in [9.17, 15) is 4.79 Å². The van der Waals surface area contributed by atoms with Crippen molar-refractivity contribution >= 4 is 16.8 Å². The molecule has 2 aromatic carbocycles. The highest BCUT2D eigenvalue weighted by molar-refractivity contribution is 6.05. The SMILES string of the molecule is O=C(c1cccc2cccnc12)N1CCO[C@@H](CN2CCCC2)[C@@H]1c1ccccc1. The number of ether oxygens (including phenoxy) is 1. The third-order valence-corrected chi connectivity index (χ3v) is 6.25. The Hall–Kier alpha value is -2.76. The van der Waals surface area contributed by atoms with E-state index in [0.29, 0.717) is 18.7 Å². The largest absolute Gasteiger partial charge is 0.373 e. The standard InChI is InChI=1S/C25H27N3O2/c29-25(21-12-6-10-19-11-7-13-26-23(19)21)28-16-17-30-22(18-27-14-4-5-15-27)24(28)20-8-2-1-3-9-20/h1-3,6-13,22,24H,4-5,14-18H2/t22-,24-/m0/s1. The summed E-state index contributed by atoms with van der Waals surface area (Å²) in [5, 5.41) is 0.987. The molecule has 1 amide bonds. The number of hydrogen-bond acceptors (Lipinski definition) is 4. The van der Waals surface area contributed by atoms with Crippen LogP contribution in [0.4, 0.5) is 0 Å². The maximum absolute atomic E-state index is 13.8. The predicted octanol–water partition coefficient (Wildman–Crippen LogP) is 3.91. The Morgan fingerprint density at radius 2 is 1.77 bits per heavy atom. The highest BCUT2D eigenvalue weighted by Gasteiger charge is 2.38. The van der Waals surface area contributed by atoms with Crippen LogP contribution in [-0.2, 0) is 4.74 Å². The Kier molecular flexibility index (Phi) is 5.47. The molecule has 0 radical (unpaired) electrons. The Morgan fingerprint density at radius 1 is 0.967 bits per heavy atom. The number of carbonyl (C=O) groups excluding carboxylic acids is 1. The molecule has 2 aliphatic rings. The summed E-state index contributed by atoms with van der Waals surface area (Å²) in [4.78, 5) is 22.8. The minimum absolute atomic E-state index is 0.0304. The van der Waals surface area contributed by atoms with E-state index in [0.717, 1.165) is 36.1 Å². The summed E-state index contributed by atoms with van der Waals surface area (Å²) in [6.07, 6.45) is 4.20. The van der Waals surface area contributed by atoms with E-state index in [4.69, 9.17) is 4.74 Å². The van der Waals surface area contributed by atoms with E-state index in [2.05, 4.69) is 22.0 Å². The van der Waals surface area contributed by atoms with Crippen LogP contribution < -0.4 is 0 Å². The van der Waals surface area contributed by atoms with Crippen molar-refractivity contribution in [3.8, 4) is 0 Å². The van der Waals surface area contributed by atoms with Gasteiger partial charge in [0.15, 0.2) is 0 Å². The Morgan fingerprint density at radius 3 is 2.60 bits per heavy atom. The predicted molar refractivity (Wildman–Crippen MR) is 117 cm³/mol. The normalized spacial score (nSPS) is 22.5. The molecule has 30 heavy (non-hydrogen) atoms. The third-order valence-electron chi connectivity index (χ3n) is 6.25. The van der Waals surface area contributed by atoms with Crippen LogP contribution in [0, 0.1) is 0 Å². The van der Waals surface area contributed by atoms with Crippen molar-refractivity contribution in [2.75, 3.05) is 32.8 Å². The van der Waals surface area contributed by atoms with Gasteiger partial charge >= 0.3 is 0 Å². The number of carbonyl (C=O) groups is 1. The fourth-order valence-corrected chi connectivity index (χ4v) is 4.81. The number of pyridine rings is 1. The number of aromatic nitrogens is 1. The minimum Gasteiger partial charge on any atom is -0.373 e. The average Bonchev–Trinajstić information content (AvgIpc) is 3.32. The van der Waals surface area contributed by atoms with Gasteiger partial charge in [-0.2, -0.15) is 0 Å². The summed E-state index contributed by atoms with van der Waals surface area (Å²) in [5.41, 5.74) is 2.55. The number of likely N-dealkylation sites (tertiary alicyclic amines) is 1. The molecule has 154 valence electrons. The second-order valence-corrected chi connectivity index (χ2v) is 8.15. The van der Waals surface area contributed by atoms with Crippen LogP contribution >= 0.6 is 0 Å². The quantitative estimate of drug-likeness (QED) is 0.665. The first-order valence-corrected chi connectivity index (χ1v) is 10.8. The van der Waals surface area contributed by atoms with Gasteiger partial charge in [0.1, 0.15) is 0 Å². The molecule has 1 aromatic heterocycles. The van der Waals surface area contributed by atoms with Crippen molar-refractivity contribution in [1.82, 2.24) is 14.8 Å². The number of fused-ring (bicyclic) bond motifs is 1. The fraction of sp³-hybridized carbons (Fsp3) is 0.360. The fourth-order valence-electron chi connectivity index (χ4n) is 4.81. The number of morpholine rings is 1. The zero-order valence-electron chi connectivity index (χ0n) is 17.1. The molecule has 5 heteroatoms. The van der Waals surface area contributed by atoms with Crippen molar-refractivity contribution in [1.29, 1.82) is 0 Å². The Bertz CT molecular complexity index is 1010. The molecule has 2 aliphatic heterocycles. The van der Waals surface area contributed by atoms with Crippen LogP contribution in [0.2, 0.25) is 0 Å². The molecule has 3 heterocycles. The van der Waals surface area contributed by atoms with Gasteiger partial charge in [0, 0.05) is 24.7 Å². The number of benzene rings is 2. The molecule has 3 aromatic rings. The van der Waals surface area contributed by atoms with E-state index in [-0.39, 0.29) is 18.1 Å². The van der Waals surface area contributed by atoms with Crippen molar-refractivity contribution < 1.29 is 9.53 Å². The Labute approximate surface area is 177 Å². The highest BCUT2D eigenvalue weighted by Crippen LogP contribution is 2.33. The molecule has 2 saturated heterocycles. The van der Waals surface area contributed by atoms with E-state index in [1.54, 1.807) is 6.20 Å². The van der Waals surface area contributed by atoms with E-state index >= 15 is 0 Å². The molecule has 0 bridgehead atoms. The zero-order valence-corrected chi connectivity index (χ0v) is 17.1. The molecule has 2 atom stereocenters. The van der Waals surface area contributed by atoms with Gasteiger partial charge in [0.2, 0.25) is 0 Å². The van der Waals surface area contributed by atoms with Crippen LogP contribution in [0.15, 0.2) is 66.9 Å². The van der Waals surface area contributed by atoms with Crippen molar-refractivity contribution in [3.05, 3.63) is 78.0 Å². The first-order chi connectivity index (χ1) is 14.8. The lowest BCUT2D eigenvalue weighted by molar-refractivity contribution is -0.0706. The summed E-state index contributed by atoms with van der Waals surface area (Å²) >= 11 is 0. The summed E-state index contributed by atoms with van der Waals surface area (Å²) < 4.78 is 6.26. The zero-order chi connectivity index (χ0) is 20.3. The van der Waals surface area contributed by atoms with Gasteiger partial charge < -0.3 is 14.5 Å². The lowest BCUT2D eigenvalue weighted by atomic mass is 9.96. The average molecular weight is 402 g/mol. The monoisotopic (exact) mass is 401 g/mol. The highest BCUT2D eigenvalue weighted by atomic mass is 16.5. The lowest BCUT2D eigenvalue weighted by Gasteiger charge is -2.43. The topological polar surface area (TPSA) is 45.7 Å². The van der Waals surface area contributed by atoms with Crippen LogP contribution in [-0.4, -0.2) is 59.6 Å². The van der Waals surface area contributed by atoms with Gasteiger partial charge in [0.25, 0.3) is 5.91 Å². The summed E-state index contributed by atoms with van der Waals surface area (Å²) in [5.74, 6) is 0.0304. The van der Waals surface area contributed by atoms with Gasteiger partial charge in [-0.3, -0.25) is 9.78 Å². The van der Waals surface area contributed by atoms with Gasteiger partial charge in [-0.05, 0) is 43.6 Å². The Balaban J connectivity index is 1.52. The number of para-hydroxylation sites is 1. The molecule has 0 unspecified atom stereocenters. The van der Waals surface area contributed by atoms with Gasteiger partial charge in [0.05, 0.1) is 29.8 Å². The molecule has 5 rings (SSSR count). The van der Waals surface area contributed by atoms with Crippen LogP contribution in [0.25, 0.3) is 10.9 Å². The first-order valence-electron chi connectivity index (χ1n) is 10.8. The van der Waals surface area contributed by atoms with E-state index in [1.165, 1.54) is 12.8 Å². The molecular formula is C25H27N3O2. The van der Waals surface area contributed by atoms with Gasteiger partial charge in [-0.25, -0.2) is 0 Å². The first kappa shape index (κ1) is 19.2. The number of rotatable bonds is 4. The van der Waals surface area contributed by atoms with Crippen molar-refractivity contribution in [3.63, 3.8) is 0 Å². The smallest absolute Gasteiger partial charge is 0.256 e. The van der Waals surface area contributed by atoms with Crippen molar-refractivity contribution in [2.24, 2.45) is 0 Å². The number of hydrogen-bond donors (Lipinski definition) is 0. The molecule has 0 spiro atoms. The summed E-state index contributed by atoms with van der Waals surface area (Å²) in [7, 11) is 0. The maximum atomic E-state index is 13.8. The maximum Gasteiger partial charge on any atom is 0.256 e. The van der Waals surface area contributed by atoms with E-state index in [1.807, 2.05) is 53.4 Å². The molecule has 0 aliphatic carbocycles. The van der Waals surface area contributed by atoms with Crippen LogP contribution in [0.1, 0.15) is 34.8 Å². The van der Waals surface area contributed by atoms with Gasteiger partial charge in [-0.15, -0.1) is 0 Å². The van der Waals surface area contributed by atoms with E-state index < -0.39 is 0 Å². The molecule has 5 nitrogen and oxygen atoms in total. The molecule has 0 saturated carbocycles. The van der Waals surface area contributed by atoms with Crippen LogP contribution in [0.5, 0.6) is 0 Å². The summed E-state index contributed by atoms with van der Waals surface area (Å²) in [6.45, 7) is 4.23. The number of amides is 1. The second-order valence-electron chi connectivity index (χ2n) is 8.15. The van der Waals surface area contributed by atoms with Crippen molar-refractivity contribution in [2.45, 2.75) is 25.0 Å². The second kappa shape index (κ2) is 8.54. The molecule has 2 fully saturated rings. The summed E-state index contributed by atoms with van der Waals surface area (Å²) in [6, 6.07) is 20.0. The minimum atomic E-state index is -0.105. The molecule has 0 N–H and O–H groups in total.